The zero-order valence-electron chi connectivity index (χ0n) is 13.7. The predicted octanol–water partition coefficient (Wildman–Crippen LogP) is 3.86. The minimum absolute atomic E-state index is 0.222. The third kappa shape index (κ3) is 4.48. The van der Waals surface area contributed by atoms with Crippen LogP contribution in [0.25, 0.3) is 20.7 Å². The third-order valence-corrected chi connectivity index (χ3v) is 4.82. The van der Waals surface area contributed by atoms with Crippen LogP contribution in [-0.4, -0.2) is 22.9 Å². The highest BCUT2D eigenvalue weighted by Gasteiger charge is 2.07. The molecule has 6 heteroatoms. The summed E-state index contributed by atoms with van der Waals surface area (Å²) in [5, 5.41) is 1.29. The average Bonchev–Trinajstić information content (AvgIpc) is 2.65. The SMILES string of the molecule is O=CCCCCCOc1ccc(-c2nc(=O)c3ccccc3s2)cn1. The van der Waals surface area contributed by atoms with Crippen LogP contribution in [0.15, 0.2) is 47.4 Å². The van der Waals surface area contributed by atoms with Gasteiger partial charge in [0.05, 0.1) is 12.0 Å². The molecule has 2 aromatic heterocycles. The fraction of sp³-hybridized carbons (Fsp3) is 0.263. The molecular formula is C19H18N2O3S. The van der Waals surface area contributed by atoms with Gasteiger partial charge in [-0.05, 0) is 37.5 Å². The standard InChI is InChI=1S/C19H18N2O3S/c22-11-5-1-2-6-12-24-17-10-9-14(13-20-17)19-21-18(23)15-7-3-4-8-16(15)25-19/h3-4,7-11,13H,1-2,5-6,12H2. The second-order valence-electron chi connectivity index (χ2n) is 5.57. The summed E-state index contributed by atoms with van der Waals surface area (Å²) in [4.78, 5) is 30.8. The molecule has 0 saturated carbocycles. The molecule has 0 fully saturated rings. The van der Waals surface area contributed by atoms with E-state index in [1.54, 1.807) is 18.3 Å². The lowest BCUT2D eigenvalue weighted by molar-refractivity contribution is -0.107. The van der Waals surface area contributed by atoms with Gasteiger partial charge in [0.15, 0.2) is 0 Å². The van der Waals surface area contributed by atoms with Crippen LogP contribution < -0.4 is 10.3 Å². The fourth-order valence-corrected chi connectivity index (χ4v) is 3.40. The first-order valence-electron chi connectivity index (χ1n) is 8.20. The van der Waals surface area contributed by atoms with Crippen molar-refractivity contribution in [3.8, 4) is 16.5 Å². The van der Waals surface area contributed by atoms with Crippen LogP contribution in [0.5, 0.6) is 5.88 Å². The van der Waals surface area contributed by atoms with E-state index in [2.05, 4.69) is 9.97 Å². The van der Waals surface area contributed by atoms with E-state index in [1.807, 2.05) is 24.3 Å². The lowest BCUT2D eigenvalue weighted by Crippen LogP contribution is -2.05. The Kier molecular flexibility index (Phi) is 5.85. The van der Waals surface area contributed by atoms with Crippen LogP contribution in [0.4, 0.5) is 0 Å². The highest BCUT2D eigenvalue weighted by molar-refractivity contribution is 7.21. The van der Waals surface area contributed by atoms with Gasteiger partial charge in [-0.2, -0.15) is 4.98 Å². The number of rotatable bonds is 8. The van der Waals surface area contributed by atoms with Crippen LogP contribution in [0.3, 0.4) is 0 Å². The van der Waals surface area contributed by atoms with E-state index in [0.29, 0.717) is 29.3 Å². The highest BCUT2D eigenvalue weighted by atomic mass is 32.1. The predicted molar refractivity (Wildman–Crippen MR) is 99.1 cm³/mol. The molecule has 0 amide bonds. The van der Waals surface area contributed by atoms with Crippen molar-refractivity contribution in [1.82, 2.24) is 9.97 Å². The zero-order valence-corrected chi connectivity index (χ0v) is 14.5. The topological polar surface area (TPSA) is 69.2 Å². The normalized spacial score (nSPS) is 10.7. The molecule has 2 heterocycles. The van der Waals surface area contributed by atoms with Gasteiger partial charge in [-0.1, -0.05) is 12.1 Å². The van der Waals surface area contributed by atoms with Crippen molar-refractivity contribution in [2.24, 2.45) is 0 Å². The molecule has 0 aliphatic carbocycles. The third-order valence-electron chi connectivity index (χ3n) is 3.73. The summed E-state index contributed by atoms with van der Waals surface area (Å²) in [6.45, 7) is 0.576. The van der Waals surface area contributed by atoms with Crippen LogP contribution in [0.1, 0.15) is 25.7 Å². The number of ether oxygens (including phenoxy) is 1. The smallest absolute Gasteiger partial charge is 0.279 e. The Labute approximate surface area is 149 Å². The van der Waals surface area contributed by atoms with E-state index in [9.17, 15) is 9.59 Å². The summed E-state index contributed by atoms with van der Waals surface area (Å²) >= 11 is 1.47. The van der Waals surface area contributed by atoms with E-state index < -0.39 is 0 Å². The van der Waals surface area contributed by atoms with Crippen molar-refractivity contribution in [2.45, 2.75) is 25.7 Å². The van der Waals surface area contributed by atoms with Gasteiger partial charge in [-0.15, -0.1) is 11.3 Å². The van der Waals surface area contributed by atoms with Crippen molar-refractivity contribution >= 4 is 27.7 Å². The molecule has 5 nitrogen and oxygen atoms in total. The first-order valence-corrected chi connectivity index (χ1v) is 9.02. The molecule has 0 aliphatic rings. The number of aromatic nitrogens is 2. The lowest BCUT2D eigenvalue weighted by atomic mass is 10.2. The van der Waals surface area contributed by atoms with E-state index in [4.69, 9.17) is 4.74 Å². The fourth-order valence-electron chi connectivity index (χ4n) is 2.41. The Morgan fingerprint density at radius 3 is 2.76 bits per heavy atom. The van der Waals surface area contributed by atoms with Crippen LogP contribution in [0.2, 0.25) is 0 Å². The molecule has 0 saturated heterocycles. The van der Waals surface area contributed by atoms with Gasteiger partial charge < -0.3 is 9.53 Å². The number of nitrogens with zero attached hydrogens (tertiary/aromatic N) is 2. The van der Waals surface area contributed by atoms with E-state index in [0.717, 1.165) is 35.8 Å². The molecule has 0 atom stereocenters. The monoisotopic (exact) mass is 354 g/mol. The van der Waals surface area contributed by atoms with Crippen molar-refractivity contribution in [3.63, 3.8) is 0 Å². The molecule has 0 bridgehead atoms. The maximum Gasteiger partial charge on any atom is 0.279 e. The Bertz CT molecular complexity index is 906. The average molecular weight is 354 g/mol. The quantitative estimate of drug-likeness (QED) is 0.454. The largest absolute Gasteiger partial charge is 0.478 e. The first kappa shape index (κ1) is 17.2. The van der Waals surface area contributed by atoms with Gasteiger partial charge >= 0.3 is 0 Å². The minimum atomic E-state index is -0.222. The summed E-state index contributed by atoms with van der Waals surface area (Å²) in [6, 6.07) is 11.1. The number of fused-ring (bicyclic) bond motifs is 1. The number of carbonyl (C=O) groups excluding carboxylic acids is 1. The van der Waals surface area contributed by atoms with Gasteiger partial charge in [0.25, 0.3) is 5.56 Å². The van der Waals surface area contributed by atoms with E-state index in [1.165, 1.54) is 11.3 Å². The molecule has 25 heavy (non-hydrogen) atoms. The summed E-state index contributed by atoms with van der Waals surface area (Å²) in [5.74, 6) is 0.548. The lowest BCUT2D eigenvalue weighted by Gasteiger charge is -2.06. The number of hydrogen-bond donors (Lipinski definition) is 0. The molecule has 1 aromatic carbocycles. The van der Waals surface area contributed by atoms with Gasteiger partial charge in [-0.25, -0.2) is 4.98 Å². The first-order chi connectivity index (χ1) is 12.3. The Morgan fingerprint density at radius 2 is 1.96 bits per heavy atom. The Hall–Kier alpha value is -2.60. The van der Waals surface area contributed by atoms with Crippen LogP contribution in [-0.2, 0) is 4.79 Å². The minimum Gasteiger partial charge on any atom is -0.478 e. The number of aldehydes is 1. The highest BCUT2D eigenvalue weighted by Crippen LogP contribution is 2.26. The zero-order chi connectivity index (χ0) is 17.5. The van der Waals surface area contributed by atoms with Gasteiger partial charge in [0.1, 0.15) is 11.3 Å². The summed E-state index contributed by atoms with van der Waals surface area (Å²) in [5.41, 5.74) is 0.575. The number of benzene rings is 1. The molecule has 0 radical (unpaired) electrons. The van der Waals surface area contributed by atoms with Crippen molar-refractivity contribution < 1.29 is 9.53 Å². The number of carbonyl (C=O) groups is 1. The molecule has 3 rings (SSSR count). The second kappa shape index (κ2) is 8.48. The van der Waals surface area contributed by atoms with Crippen molar-refractivity contribution in [3.05, 3.63) is 52.9 Å². The maximum atomic E-state index is 12.1. The van der Waals surface area contributed by atoms with Crippen molar-refractivity contribution in [1.29, 1.82) is 0 Å². The number of unbranched alkanes of at least 4 members (excludes halogenated alkanes) is 3. The molecule has 0 unspecified atom stereocenters. The van der Waals surface area contributed by atoms with Gasteiger partial charge in [0.2, 0.25) is 5.88 Å². The van der Waals surface area contributed by atoms with Crippen molar-refractivity contribution in [2.75, 3.05) is 6.61 Å². The maximum absolute atomic E-state index is 12.1. The summed E-state index contributed by atoms with van der Waals surface area (Å²) in [7, 11) is 0. The summed E-state index contributed by atoms with van der Waals surface area (Å²) in [6.07, 6.45) is 5.97. The molecule has 0 N–H and O–H groups in total. The molecule has 128 valence electrons. The van der Waals surface area contributed by atoms with E-state index >= 15 is 0 Å². The van der Waals surface area contributed by atoms with E-state index in [-0.39, 0.29) is 5.56 Å². The molecule has 0 spiro atoms. The Morgan fingerprint density at radius 1 is 1.08 bits per heavy atom. The van der Waals surface area contributed by atoms with Crippen LogP contribution >= 0.6 is 11.3 Å². The van der Waals surface area contributed by atoms with Crippen LogP contribution in [0, 0.1) is 0 Å². The van der Waals surface area contributed by atoms with Gasteiger partial charge in [-0.3, -0.25) is 4.79 Å². The molecule has 3 aromatic rings. The Balaban J connectivity index is 1.66. The molecular weight excluding hydrogens is 336 g/mol. The number of hydrogen-bond acceptors (Lipinski definition) is 6. The summed E-state index contributed by atoms with van der Waals surface area (Å²) < 4.78 is 6.50. The second-order valence-corrected chi connectivity index (χ2v) is 6.60. The van der Waals surface area contributed by atoms with Gasteiger partial charge in [0, 0.05) is 28.9 Å². The molecule has 0 aliphatic heterocycles. The number of pyridine rings is 1.